The Morgan fingerprint density at radius 3 is 3.04 bits per heavy atom. The van der Waals surface area contributed by atoms with Crippen LogP contribution >= 0.6 is 11.3 Å². The van der Waals surface area contributed by atoms with E-state index in [1.54, 1.807) is 25.5 Å². The Kier molecular flexibility index (Phi) is 6.25. The molecule has 0 unspecified atom stereocenters. The van der Waals surface area contributed by atoms with E-state index in [4.69, 9.17) is 9.26 Å². The number of methoxy groups -OCH3 is 1. The number of thiophene rings is 1. The summed E-state index contributed by atoms with van der Waals surface area (Å²) in [5.74, 6) is 0.281. The van der Waals surface area contributed by atoms with Gasteiger partial charge in [0.05, 0.1) is 12.5 Å². The van der Waals surface area contributed by atoms with Crippen molar-refractivity contribution in [3.05, 3.63) is 17.3 Å². The quantitative estimate of drug-likeness (QED) is 0.679. The first-order valence-electron chi connectivity index (χ1n) is 8.58. The van der Waals surface area contributed by atoms with E-state index in [1.165, 1.54) is 4.31 Å². The molecule has 3 heterocycles. The van der Waals surface area contributed by atoms with Crippen LogP contribution in [0.2, 0.25) is 0 Å². The van der Waals surface area contributed by atoms with Crippen LogP contribution in [0.1, 0.15) is 18.7 Å². The average molecular weight is 415 g/mol. The van der Waals surface area contributed by atoms with E-state index in [1.807, 2.05) is 0 Å². The van der Waals surface area contributed by atoms with Crippen molar-refractivity contribution < 1.29 is 22.5 Å². The van der Waals surface area contributed by atoms with Crippen molar-refractivity contribution in [1.82, 2.24) is 19.8 Å². The van der Waals surface area contributed by atoms with E-state index >= 15 is 0 Å². The van der Waals surface area contributed by atoms with Crippen molar-refractivity contribution in [1.29, 1.82) is 0 Å². The first-order valence-corrected chi connectivity index (χ1v) is 10.9. The maximum Gasteiger partial charge on any atom is 0.252 e. The minimum Gasteiger partial charge on any atom is -0.383 e. The molecule has 2 aromatic heterocycles. The maximum absolute atomic E-state index is 13.0. The molecule has 1 amide bonds. The second kappa shape index (κ2) is 8.46. The van der Waals surface area contributed by atoms with Crippen molar-refractivity contribution in [3.63, 3.8) is 0 Å². The largest absolute Gasteiger partial charge is 0.383 e. The molecule has 1 fully saturated rings. The summed E-state index contributed by atoms with van der Waals surface area (Å²) in [6.45, 7) is 3.09. The molecule has 0 spiro atoms. The topological polar surface area (TPSA) is 115 Å². The molecule has 1 aliphatic rings. The summed E-state index contributed by atoms with van der Waals surface area (Å²) in [4.78, 5) is 16.4. The van der Waals surface area contributed by atoms with Crippen LogP contribution in [0.3, 0.4) is 0 Å². The Hall–Kier alpha value is -1.82. The number of ether oxygens (including phenoxy) is 1. The van der Waals surface area contributed by atoms with Crippen molar-refractivity contribution in [2.24, 2.45) is 5.92 Å². The number of carbonyl (C=O) groups is 1. The molecule has 9 nitrogen and oxygen atoms in total. The lowest BCUT2D eigenvalue weighted by Gasteiger charge is -2.30. The lowest BCUT2D eigenvalue weighted by Crippen LogP contribution is -2.45. The van der Waals surface area contributed by atoms with Crippen LogP contribution in [0.5, 0.6) is 0 Å². The monoisotopic (exact) mass is 414 g/mol. The normalized spacial score (nSPS) is 18.5. The van der Waals surface area contributed by atoms with E-state index in [0.717, 1.165) is 11.3 Å². The first-order chi connectivity index (χ1) is 12.9. The molecule has 0 aliphatic carbocycles. The van der Waals surface area contributed by atoms with Gasteiger partial charge in [-0.05, 0) is 18.9 Å². The third kappa shape index (κ3) is 4.54. The molecule has 27 heavy (non-hydrogen) atoms. The number of amides is 1. The molecule has 1 N–H and O–H groups in total. The summed E-state index contributed by atoms with van der Waals surface area (Å²) in [5, 5.41) is 8.29. The van der Waals surface area contributed by atoms with Crippen LogP contribution < -0.4 is 5.32 Å². The van der Waals surface area contributed by atoms with E-state index < -0.39 is 10.0 Å². The fourth-order valence-corrected chi connectivity index (χ4v) is 5.74. The van der Waals surface area contributed by atoms with Gasteiger partial charge in [-0.25, -0.2) is 8.42 Å². The van der Waals surface area contributed by atoms with E-state index in [9.17, 15) is 13.2 Å². The van der Waals surface area contributed by atoms with Gasteiger partial charge in [0.1, 0.15) is 4.21 Å². The molecule has 1 aliphatic heterocycles. The lowest BCUT2D eigenvalue weighted by molar-refractivity contribution is -0.126. The van der Waals surface area contributed by atoms with Gasteiger partial charge in [-0.1, -0.05) is 5.16 Å². The SMILES string of the molecule is COCCNC(=O)[C@@H]1CCCN(S(=O)(=O)c2cc(-c3noc(C)n3)cs2)C1. The molecular formula is C16H22N4O5S2. The summed E-state index contributed by atoms with van der Waals surface area (Å²) in [5.41, 5.74) is 0.598. The summed E-state index contributed by atoms with van der Waals surface area (Å²) >= 11 is 1.11. The van der Waals surface area contributed by atoms with Gasteiger partial charge in [0.2, 0.25) is 17.6 Å². The second-order valence-electron chi connectivity index (χ2n) is 6.28. The highest BCUT2D eigenvalue weighted by Gasteiger charge is 2.34. The summed E-state index contributed by atoms with van der Waals surface area (Å²) in [6, 6.07) is 1.55. The zero-order chi connectivity index (χ0) is 19.4. The van der Waals surface area contributed by atoms with Gasteiger partial charge in [-0.3, -0.25) is 4.79 Å². The summed E-state index contributed by atoms with van der Waals surface area (Å²) in [7, 11) is -2.11. The third-order valence-electron chi connectivity index (χ3n) is 4.32. The van der Waals surface area contributed by atoms with Crippen LogP contribution in [-0.4, -0.2) is 62.1 Å². The van der Waals surface area contributed by atoms with Crippen molar-refractivity contribution in [3.8, 4) is 11.4 Å². The minimum atomic E-state index is -3.67. The number of nitrogens with one attached hydrogen (secondary N) is 1. The predicted molar refractivity (Wildman–Crippen MR) is 98.7 cm³/mol. The highest BCUT2D eigenvalue weighted by molar-refractivity contribution is 7.91. The predicted octanol–water partition coefficient (Wildman–Crippen LogP) is 1.27. The molecule has 0 bridgehead atoms. The molecule has 0 saturated carbocycles. The second-order valence-corrected chi connectivity index (χ2v) is 9.35. The number of aromatic nitrogens is 2. The summed E-state index contributed by atoms with van der Waals surface area (Å²) < 4.78 is 37.4. The van der Waals surface area contributed by atoms with Gasteiger partial charge < -0.3 is 14.6 Å². The fraction of sp³-hybridized carbons (Fsp3) is 0.562. The first kappa shape index (κ1) is 19.9. The van der Waals surface area contributed by atoms with Crippen LogP contribution in [0, 0.1) is 12.8 Å². The molecule has 1 atom stereocenters. The Morgan fingerprint density at radius 2 is 2.33 bits per heavy atom. The number of hydrogen-bond acceptors (Lipinski definition) is 8. The molecule has 148 valence electrons. The van der Waals surface area contributed by atoms with E-state index in [2.05, 4.69) is 15.5 Å². The van der Waals surface area contributed by atoms with Gasteiger partial charge in [-0.15, -0.1) is 11.3 Å². The standard InChI is InChI=1S/C16H22N4O5S2/c1-11-18-15(19-25-11)13-8-14(26-10-13)27(22,23)20-6-3-4-12(9-20)16(21)17-5-7-24-2/h8,10,12H,3-7,9H2,1-2H3,(H,17,21)/t12-/m1/s1. The molecule has 0 radical (unpaired) electrons. The highest BCUT2D eigenvalue weighted by atomic mass is 32.2. The fourth-order valence-electron chi connectivity index (χ4n) is 2.91. The molecule has 2 aromatic rings. The summed E-state index contributed by atoms with van der Waals surface area (Å²) in [6.07, 6.45) is 1.31. The van der Waals surface area contributed by atoms with Gasteiger partial charge in [0.15, 0.2) is 0 Å². The third-order valence-corrected chi connectivity index (χ3v) is 7.60. The van der Waals surface area contributed by atoms with Gasteiger partial charge in [0, 0.05) is 44.6 Å². The molecular weight excluding hydrogens is 392 g/mol. The molecule has 3 rings (SSSR count). The maximum atomic E-state index is 13.0. The van der Waals surface area contributed by atoms with E-state index in [0.29, 0.717) is 49.8 Å². The van der Waals surface area contributed by atoms with Crippen molar-refractivity contribution in [2.45, 2.75) is 24.0 Å². The number of aryl methyl sites for hydroxylation is 1. The smallest absolute Gasteiger partial charge is 0.252 e. The minimum absolute atomic E-state index is 0.138. The number of rotatable bonds is 7. The zero-order valence-electron chi connectivity index (χ0n) is 15.2. The van der Waals surface area contributed by atoms with Gasteiger partial charge in [-0.2, -0.15) is 9.29 Å². The number of nitrogens with zero attached hydrogens (tertiary/aromatic N) is 3. The Morgan fingerprint density at radius 1 is 1.52 bits per heavy atom. The van der Waals surface area contributed by atoms with Crippen LogP contribution in [0.15, 0.2) is 20.2 Å². The number of carbonyl (C=O) groups excluding carboxylic acids is 1. The van der Waals surface area contributed by atoms with Crippen LogP contribution in [0.25, 0.3) is 11.4 Å². The number of piperidine rings is 1. The Labute approximate surface area is 161 Å². The van der Waals surface area contributed by atoms with Crippen LogP contribution in [0.4, 0.5) is 0 Å². The van der Waals surface area contributed by atoms with E-state index in [-0.39, 0.29) is 22.6 Å². The number of sulfonamides is 1. The molecule has 11 heteroatoms. The van der Waals surface area contributed by atoms with Crippen molar-refractivity contribution >= 4 is 27.3 Å². The number of hydrogen-bond donors (Lipinski definition) is 1. The lowest BCUT2D eigenvalue weighted by atomic mass is 9.99. The van der Waals surface area contributed by atoms with Crippen molar-refractivity contribution in [2.75, 3.05) is 33.4 Å². The zero-order valence-corrected chi connectivity index (χ0v) is 16.8. The molecule has 1 saturated heterocycles. The Bertz CT molecular complexity index is 892. The average Bonchev–Trinajstić information content (AvgIpc) is 3.31. The van der Waals surface area contributed by atoms with Crippen LogP contribution in [-0.2, 0) is 19.6 Å². The van der Waals surface area contributed by atoms with Gasteiger partial charge in [0.25, 0.3) is 10.0 Å². The molecule has 0 aromatic carbocycles. The van der Waals surface area contributed by atoms with Gasteiger partial charge >= 0.3 is 0 Å². The Balaban J connectivity index is 1.71. The highest BCUT2D eigenvalue weighted by Crippen LogP contribution is 2.31.